The predicted molar refractivity (Wildman–Crippen MR) is 105 cm³/mol. The first kappa shape index (κ1) is 19.9. The maximum Gasteiger partial charge on any atom is 0.316 e. The fourth-order valence-corrected chi connectivity index (χ4v) is 3.25. The number of rotatable bonds is 6. The van der Waals surface area contributed by atoms with Crippen LogP contribution in [0.15, 0.2) is 18.3 Å². The molecule has 0 bridgehead atoms. The molecule has 0 atom stereocenters. The van der Waals surface area contributed by atoms with Crippen molar-refractivity contribution in [1.82, 2.24) is 14.9 Å². The Morgan fingerprint density at radius 2 is 2.07 bits per heavy atom. The Bertz CT molecular complexity index is 867. The molecule has 1 amide bonds. The number of unbranched alkanes of at least 4 members (excludes halogenated alkanes) is 1. The number of ether oxygens (including phenoxy) is 1. The second-order valence-corrected chi connectivity index (χ2v) is 7.39. The minimum absolute atomic E-state index is 0.00274. The van der Waals surface area contributed by atoms with E-state index in [2.05, 4.69) is 16.9 Å². The minimum Gasteiger partial charge on any atom is -0.508 e. The Labute approximate surface area is 165 Å². The lowest BCUT2D eigenvalue weighted by Gasteiger charge is -2.28. The van der Waals surface area contributed by atoms with Crippen LogP contribution >= 0.6 is 0 Å². The van der Waals surface area contributed by atoms with E-state index in [9.17, 15) is 15.0 Å². The fraction of sp³-hybridized carbons (Fsp3) is 0.476. The van der Waals surface area contributed by atoms with Crippen LogP contribution in [0.1, 0.15) is 66.7 Å². The molecule has 0 spiro atoms. The van der Waals surface area contributed by atoms with E-state index < -0.39 is 0 Å². The number of fused-ring (bicyclic) bond motifs is 1. The van der Waals surface area contributed by atoms with Crippen LogP contribution in [0.2, 0.25) is 0 Å². The van der Waals surface area contributed by atoms with Crippen LogP contribution in [-0.4, -0.2) is 44.1 Å². The van der Waals surface area contributed by atoms with Crippen LogP contribution in [0.3, 0.4) is 0 Å². The molecule has 0 radical (unpaired) electrons. The molecule has 0 fully saturated rings. The molecule has 2 heterocycles. The van der Waals surface area contributed by atoms with Crippen molar-refractivity contribution >= 4 is 5.91 Å². The molecule has 2 aromatic rings. The zero-order chi connectivity index (χ0) is 20.3. The number of carbonyl (C=O) groups excluding carboxylic acids is 1. The van der Waals surface area contributed by atoms with Crippen LogP contribution in [-0.2, 0) is 13.0 Å². The van der Waals surface area contributed by atoms with Crippen molar-refractivity contribution in [3.05, 3.63) is 40.7 Å². The molecule has 0 saturated heterocycles. The molecule has 1 aromatic heterocycles. The van der Waals surface area contributed by atoms with Gasteiger partial charge in [-0.2, -0.15) is 4.98 Å². The predicted octanol–water partition coefficient (Wildman–Crippen LogP) is 3.39. The Hall–Kier alpha value is -2.83. The summed E-state index contributed by atoms with van der Waals surface area (Å²) in [6.07, 6.45) is 4.31. The molecule has 1 aliphatic heterocycles. The molecule has 0 unspecified atom stereocenters. The van der Waals surface area contributed by atoms with Crippen molar-refractivity contribution in [2.45, 2.75) is 52.5 Å². The minimum atomic E-state index is -0.270. The zero-order valence-electron chi connectivity index (χ0n) is 16.6. The lowest BCUT2D eigenvalue weighted by molar-refractivity contribution is 0.0729. The van der Waals surface area contributed by atoms with Gasteiger partial charge in [0.2, 0.25) is 0 Å². The summed E-state index contributed by atoms with van der Waals surface area (Å²) in [6.45, 7) is 7.41. The normalized spacial score (nSPS) is 13.5. The third-order valence-electron chi connectivity index (χ3n) is 4.93. The Kier molecular flexibility index (Phi) is 6.02. The third-order valence-corrected chi connectivity index (χ3v) is 4.93. The van der Waals surface area contributed by atoms with Crippen molar-refractivity contribution in [1.29, 1.82) is 0 Å². The molecule has 7 nitrogen and oxygen atoms in total. The Morgan fingerprint density at radius 1 is 1.29 bits per heavy atom. The number of carbonyl (C=O) groups is 1. The number of nitrogens with zero attached hydrogens (tertiary/aromatic N) is 3. The van der Waals surface area contributed by atoms with Gasteiger partial charge < -0.3 is 19.8 Å². The molecule has 0 aliphatic carbocycles. The Balaban J connectivity index is 1.77. The average Bonchev–Trinajstić information content (AvgIpc) is 2.67. The van der Waals surface area contributed by atoms with Gasteiger partial charge in [-0.3, -0.25) is 4.79 Å². The molecule has 7 heteroatoms. The first-order valence-electron chi connectivity index (χ1n) is 9.73. The van der Waals surface area contributed by atoms with E-state index in [1.54, 1.807) is 17.2 Å². The smallest absolute Gasteiger partial charge is 0.316 e. The summed E-state index contributed by atoms with van der Waals surface area (Å²) in [5.41, 5.74) is 2.61. The van der Waals surface area contributed by atoms with Gasteiger partial charge in [0.05, 0.1) is 17.9 Å². The molecule has 28 heavy (non-hydrogen) atoms. The number of phenols is 2. The van der Waals surface area contributed by atoms with Gasteiger partial charge in [-0.15, -0.1) is 0 Å². The quantitative estimate of drug-likeness (QED) is 0.740. The summed E-state index contributed by atoms with van der Waals surface area (Å²) in [6, 6.07) is 3.20. The summed E-state index contributed by atoms with van der Waals surface area (Å²) < 4.78 is 5.56. The van der Waals surface area contributed by atoms with Crippen molar-refractivity contribution in [2.75, 3.05) is 13.2 Å². The Morgan fingerprint density at radius 3 is 2.79 bits per heavy atom. The summed E-state index contributed by atoms with van der Waals surface area (Å²) in [5, 5.41) is 20.2. The number of benzene rings is 1. The van der Waals surface area contributed by atoms with Crippen molar-refractivity contribution in [2.24, 2.45) is 0 Å². The maximum atomic E-state index is 13.0. The summed E-state index contributed by atoms with van der Waals surface area (Å²) >= 11 is 0. The molecular weight excluding hydrogens is 358 g/mol. The monoisotopic (exact) mass is 385 g/mol. The van der Waals surface area contributed by atoms with Crippen LogP contribution in [0.4, 0.5) is 0 Å². The van der Waals surface area contributed by atoms with Gasteiger partial charge in [-0.25, -0.2) is 4.98 Å². The van der Waals surface area contributed by atoms with Crippen LogP contribution < -0.4 is 4.74 Å². The van der Waals surface area contributed by atoms with Crippen molar-refractivity contribution in [3.63, 3.8) is 0 Å². The van der Waals surface area contributed by atoms with Gasteiger partial charge in [0, 0.05) is 37.3 Å². The SMILES string of the molecule is CCCCOc1ncc2c(n1)CCN(C(=O)c1cc(C(C)C)c(O)cc1O)C2. The highest BCUT2D eigenvalue weighted by Gasteiger charge is 2.26. The molecule has 0 saturated carbocycles. The number of phenolic OH excluding ortho intramolecular Hbond substituents is 2. The second-order valence-electron chi connectivity index (χ2n) is 7.39. The molecule has 1 aromatic carbocycles. The first-order chi connectivity index (χ1) is 13.4. The highest BCUT2D eigenvalue weighted by atomic mass is 16.5. The number of amides is 1. The van der Waals surface area contributed by atoms with Crippen molar-refractivity contribution in [3.8, 4) is 17.5 Å². The molecule has 2 N–H and O–H groups in total. The van der Waals surface area contributed by atoms with E-state index >= 15 is 0 Å². The summed E-state index contributed by atoms with van der Waals surface area (Å²) in [7, 11) is 0. The third kappa shape index (κ3) is 4.18. The number of hydrogen-bond acceptors (Lipinski definition) is 6. The topological polar surface area (TPSA) is 95.8 Å². The second kappa shape index (κ2) is 8.46. The lowest BCUT2D eigenvalue weighted by atomic mass is 9.97. The number of hydrogen-bond donors (Lipinski definition) is 2. The first-order valence-corrected chi connectivity index (χ1v) is 9.73. The van der Waals surface area contributed by atoms with Crippen molar-refractivity contribution < 1.29 is 19.7 Å². The highest BCUT2D eigenvalue weighted by Crippen LogP contribution is 2.33. The van der Waals surface area contributed by atoms with E-state index in [0.29, 0.717) is 37.7 Å². The van der Waals surface area contributed by atoms with E-state index in [1.165, 1.54) is 6.07 Å². The van der Waals surface area contributed by atoms with E-state index in [4.69, 9.17) is 4.74 Å². The van der Waals surface area contributed by atoms with Gasteiger partial charge in [0.25, 0.3) is 5.91 Å². The van der Waals surface area contributed by atoms with Gasteiger partial charge in [-0.1, -0.05) is 27.2 Å². The van der Waals surface area contributed by atoms with Gasteiger partial charge in [0.15, 0.2) is 0 Å². The molecule has 1 aliphatic rings. The van der Waals surface area contributed by atoms with E-state index in [0.717, 1.165) is 24.1 Å². The molecule has 150 valence electrons. The van der Waals surface area contributed by atoms with E-state index in [1.807, 2.05) is 13.8 Å². The number of aromatic hydroxyl groups is 2. The van der Waals surface area contributed by atoms with Crippen LogP contribution in [0.5, 0.6) is 17.5 Å². The average molecular weight is 385 g/mol. The van der Waals surface area contributed by atoms with Gasteiger partial charge in [-0.05, 0) is 24.0 Å². The largest absolute Gasteiger partial charge is 0.508 e. The van der Waals surface area contributed by atoms with E-state index in [-0.39, 0.29) is 28.9 Å². The lowest BCUT2D eigenvalue weighted by Crippen LogP contribution is -2.36. The van der Waals surface area contributed by atoms with Crippen LogP contribution in [0.25, 0.3) is 0 Å². The number of aromatic nitrogens is 2. The van der Waals surface area contributed by atoms with Crippen LogP contribution in [0, 0.1) is 0 Å². The molecular formula is C21H27N3O4. The zero-order valence-corrected chi connectivity index (χ0v) is 16.6. The molecule has 3 rings (SSSR count). The highest BCUT2D eigenvalue weighted by molar-refractivity contribution is 5.97. The summed E-state index contributed by atoms with van der Waals surface area (Å²) in [4.78, 5) is 23.4. The fourth-order valence-electron chi connectivity index (χ4n) is 3.25. The summed E-state index contributed by atoms with van der Waals surface area (Å²) in [5.74, 6) is -0.451. The van der Waals surface area contributed by atoms with Gasteiger partial charge in [0.1, 0.15) is 11.5 Å². The maximum absolute atomic E-state index is 13.0. The van der Waals surface area contributed by atoms with Gasteiger partial charge >= 0.3 is 6.01 Å². The standard InChI is InChI=1S/C21H27N3O4/c1-4-5-8-28-21-22-11-14-12-24(7-6-17(14)23-21)20(27)16-9-15(13(2)3)18(25)10-19(16)26/h9-11,13,25-26H,4-8,12H2,1-3H3.